The van der Waals surface area contributed by atoms with Crippen molar-refractivity contribution in [3.63, 3.8) is 0 Å². The van der Waals surface area contributed by atoms with Gasteiger partial charge in [-0.25, -0.2) is 0 Å². The monoisotopic (exact) mass is 379 g/mol. The lowest BCUT2D eigenvalue weighted by Crippen LogP contribution is -2.48. The van der Waals surface area contributed by atoms with Crippen LogP contribution in [0.5, 0.6) is 0 Å². The van der Waals surface area contributed by atoms with Gasteiger partial charge >= 0.3 is 0 Å². The lowest BCUT2D eigenvalue weighted by molar-refractivity contribution is -0.130. The first kappa shape index (κ1) is 22.0. The van der Waals surface area contributed by atoms with Gasteiger partial charge in [0.1, 0.15) is 0 Å². The van der Waals surface area contributed by atoms with Crippen LogP contribution in [-0.2, 0) is 4.79 Å². The highest BCUT2D eigenvalue weighted by atomic mass is 16.2. The number of nitrogens with zero attached hydrogens (tertiary/aromatic N) is 3. The minimum Gasteiger partial charge on any atom is -0.357 e. The summed E-state index contributed by atoms with van der Waals surface area (Å²) in [4.78, 5) is 20.5. The van der Waals surface area contributed by atoms with Gasteiger partial charge in [-0.05, 0) is 32.6 Å². The molecule has 1 saturated heterocycles. The molecule has 1 aliphatic heterocycles. The number of guanidine groups is 1. The van der Waals surface area contributed by atoms with Gasteiger partial charge in [0.15, 0.2) is 5.96 Å². The zero-order chi connectivity index (χ0) is 19.5. The van der Waals surface area contributed by atoms with Crippen LogP contribution in [0.15, 0.2) is 4.99 Å². The number of nitrogens with one attached hydrogen (secondary N) is 2. The van der Waals surface area contributed by atoms with E-state index in [0.29, 0.717) is 6.04 Å². The molecule has 6 heteroatoms. The van der Waals surface area contributed by atoms with E-state index in [1.54, 1.807) is 6.92 Å². The molecule has 2 aliphatic rings. The molecule has 2 N–H and O–H groups in total. The molecular weight excluding hydrogens is 338 g/mol. The first-order valence-electron chi connectivity index (χ1n) is 11.1. The van der Waals surface area contributed by atoms with Gasteiger partial charge in [0.25, 0.3) is 0 Å². The molecule has 0 radical (unpaired) electrons. The van der Waals surface area contributed by atoms with Crippen LogP contribution in [0.4, 0.5) is 0 Å². The van der Waals surface area contributed by atoms with E-state index in [1.807, 2.05) is 4.90 Å². The number of piperazine rings is 1. The van der Waals surface area contributed by atoms with Crippen molar-refractivity contribution in [3.8, 4) is 0 Å². The van der Waals surface area contributed by atoms with Crippen molar-refractivity contribution in [2.45, 2.75) is 71.8 Å². The number of carbonyl (C=O) groups is 1. The predicted octanol–water partition coefficient (Wildman–Crippen LogP) is 2.45. The highest BCUT2D eigenvalue weighted by molar-refractivity contribution is 5.80. The van der Waals surface area contributed by atoms with Crippen LogP contribution in [0.2, 0.25) is 0 Å². The fourth-order valence-electron chi connectivity index (χ4n) is 4.18. The van der Waals surface area contributed by atoms with Crippen LogP contribution < -0.4 is 10.6 Å². The second kappa shape index (κ2) is 12.2. The summed E-state index contributed by atoms with van der Waals surface area (Å²) in [6.07, 6.45) is 9.71. The lowest BCUT2D eigenvalue weighted by atomic mass is 9.85. The molecule has 0 spiro atoms. The maximum atomic E-state index is 11.4. The highest BCUT2D eigenvalue weighted by Gasteiger charge is 2.18. The van der Waals surface area contributed by atoms with E-state index in [4.69, 9.17) is 4.99 Å². The second-order valence-corrected chi connectivity index (χ2v) is 8.24. The summed E-state index contributed by atoms with van der Waals surface area (Å²) >= 11 is 0. The number of aliphatic imine (C=N–C) groups is 1. The summed E-state index contributed by atoms with van der Waals surface area (Å²) in [6, 6.07) is 0.462. The maximum Gasteiger partial charge on any atom is 0.219 e. The summed E-state index contributed by atoms with van der Waals surface area (Å²) in [6.45, 7) is 12.3. The summed E-state index contributed by atoms with van der Waals surface area (Å²) in [7, 11) is 0. The molecular formula is C21H41N5O. The molecule has 27 heavy (non-hydrogen) atoms. The Kier molecular flexibility index (Phi) is 9.95. The van der Waals surface area contributed by atoms with E-state index in [9.17, 15) is 4.79 Å². The molecule has 1 amide bonds. The van der Waals surface area contributed by atoms with Gasteiger partial charge in [0.05, 0.1) is 6.54 Å². The molecule has 1 heterocycles. The van der Waals surface area contributed by atoms with Crippen LogP contribution in [0.25, 0.3) is 0 Å². The van der Waals surface area contributed by atoms with Gasteiger partial charge in [-0.2, -0.15) is 0 Å². The Labute approximate surface area is 166 Å². The molecule has 6 nitrogen and oxygen atoms in total. The third-order valence-corrected chi connectivity index (χ3v) is 5.96. The van der Waals surface area contributed by atoms with Gasteiger partial charge in [-0.3, -0.25) is 14.7 Å². The fraction of sp³-hybridized carbons (Fsp3) is 0.905. The first-order chi connectivity index (χ1) is 13.1. The van der Waals surface area contributed by atoms with Crippen LogP contribution >= 0.6 is 0 Å². The second-order valence-electron chi connectivity index (χ2n) is 8.24. The van der Waals surface area contributed by atoms with Crippen molar-refractivity contribution in [2.75, 3.05) is 45.8 Å². The molecule has 0 aromatic rings. The predicted molar refractivity (Wildman–Crippen MR) is 113 cm³/mol. The van der Waals surface area contributed by atoms with Crippen LogP contribution in [-0.4, -0.2) is 73.5 Å². The summed E-state index contributed by atoms with van der Waals surface area (Å²) < 4.78 is 0. The number of rotatable bonds is 8. The molecule has 0 aromatic heterocycles. The molecule has 0 bridgehead atoms. The summed E-state index contributed by atoms with van der Waals surface area (Å²) in [5, 5.41) is 6.96. The smallest absolute Gasteiger partial charge is 0.219 e. The van der Waals surface area contributed by atoms with Gasteiger partial charge in [0.2, 0.25) is 5.91 Å². The van der Waals surface area contributed by atoms with Crippen molar-refractivity contribution in [2.24, 2.45) is 10.9 Å². The molecule has 2 rings (SSSR count). The molecule has 0 aromatic carbocycles. The van der Waals surface area contributed by atoms with E-state index in [0.717, 1.165) is 57.7 Å². The van der Waals surface area contributed by atoms with E-state index < -0.39 is 0 Å². The normalized spacial score (nSPS) is 21.1. The number of hydrogen-bond acceptors (Lipinski definition) is 3. The van der Waals surface area contributed by atoms with Crippen molar-refractivity contribution in [1.29, 1.82) is 0 Å². The Balaban J connectivity index is 1.67. The summed E-state index contributed by atoms with van der Waals surface area (Å²) in [5.74, 6) is 2.07. The number of hydrogen-bond donors (Lipinski definition) is 2. The molecule has 1 unspecified atom stereocenters. The molecule has 1 aliphatic carbocycles. The van der Waals surface area contributed by atoms with E-state index in [1.165, 1.54) is 44.9 Å². The number of amides is 1. The Morgan fingerprint density at radius 1 is 1.15 bits per heavy atom. The van der Waals surface area contributed by atoms with Crippen LogP contribution in [0.1, 0.15) is 65.7 Å². The quantitative estimate of drug-likeness (QED) is 0.502. The third kappa shape index (κ3) is 8.50. The molecule has 1 atom stereocenters. The average molecular weight is 380 g/mol. The van der Waals surface area contributed by atoms with Crippen LogP contribution in [0, 0.1) is 5.92 Å². The zero-order valence-electron chi connectivity index (χ0n) is 17.8. The Morgan fingerprint density at radius 3 is 2.48 bits per heavy atom. The summed E-state index contributed by atoms with van der Waals surface area (Å²) in [5.41, 5.74) is 0. The topological polar surface area (TPSA) is 60.0 Å². The largest absolute Gasteiger partial charge is 0.357 e. The van der Waals surface area contributed by atoms with E-state index in [-0.39, 0.29) is 5.91 Å². The molecule has 156 valence electrons. The standard InChI is InChI=1S/C21H41N5O/c1-4-22-21(24-18(2)10-11-20-8-6-5-7-9-20)23-12-13-25-14-16-26(17-15-25)19(3)27/h18,20H,4-17H2,1-3H3,(H2,22,23,24). The van der Waals surface area contributed by atoms with E-state index in [2.05, 4.69) is 29.4 Å². The Bertz CT molecular complexity index is 453. The Morgan fingerprint density at radius 2 is 1.85 bits per heavy atom. The molecule has 2 fully saturated rings. The Hall–Kier alpha value is -1.30. The average Bonchev–Trinajstić information content (AvgIpc) is 2.68. The van der Waals surface area contributed by atoms with Crippen molar-refractivity contribution in [1.82, 2.24) is 20.4 Å². The van der Waals surface area contributed by atoms with Crippen molar-refractivity contribution in [3.05, 3.63) is 0 Å². The minimum absolute atomic E-state index is 0.188. The van der Waals surface area contributed by atoms with Crippen molar-refractivity contribution >= 4 is 11.9 Å². The third-order valence-electron chi connectivity index (χ3n) is 5.96. The van der Waals surface area contributed by atoms with Gasteiger partial charge in [-0.15, -0.1) is 0 Å². The SMILES string of the molecule is CCNC(=NCCN1CCN(C(C)=O)CC1)NC(C)CCC1CCCCC1. The molecule has 1 saturated carbocycles. The minimum atomic E-state index is 0.188. The van der Waals surface area contributed by atoms with E-state index >= 15 is 0 Å². The van der Waals surface area contributed by atoms with Gasteiger partial charge in [-0.1, -0.05) is 32.1 Å². The van der Waals surface area contributed by atoms with Crippen molar-refractivity contribution < 1.29 is 4.79 Å². The van der Waals surface area contributed by atoms with Gasteiger partial charge < -0.3 is 15.5 Å². The first-order valence-corrected chi connectivity index (χ1v) is 11.1. The lowest BCUT2D eigenvalue weighted by Gasteiger charge is -2.33. The number of carbonyl (C=O) groups excluding carboxylic acids is 1. The fourth-order valence-corrected chi connectivity index (χ4v) is 4.18. The van der Waals surface area contributed by atoms with Gasteiger partial charge in [0, 0.05) is 52.2 Å². The maximum absolute atomic E-state index is 11.4. The van der Waals surface area contributed by atoms with Crippen LogP contribution in [0.3, 0.4) is 0 Å². The zero-order valence-corrected chi connectivity index (χ0v) is 17.8. The highest BCUT2D eigenvalue weighted by Crippen LogP contribution is 2.27.